The monoisotopic (exact) mass is 265 g/mol. The number of carboxylic acids is 1. The minimum absolute atomic E-state index is 0.316. The van der Waals surface area contributed by atoms with E-state index in [0.29, 0.717) is 36.8 Å². The molecule has 0 saturated heterocycles. The fourth-order valence-corrected chi connectivity index (χ4v) is 1.85. The number of hydrogen-bond donors (Lipinski definition) is 1. The van der Waals surface area contributed by atoms with E-state index in [0.717, 1.165) is 0 Å². The van der Waals surface area contributed by atoms with Crippen molar-refractivity contribution in [3.8, 4) is 11.5 Å². The molecule has 0 aliphatic carbocycles. The number of ether oxygens (including phenoxy) is 2. The molecule has 1 aliphatic rings. The lowest BCUT2D eigenvalue weighted by atomic mass is 10.1. The minimum atomic E-state index is -1.03. The summed E-state index contributed by atoms with van der Waals surface area (Å²) in [7, 11) is 0. The molecule has 1 heterocycles. The lowest BCUT2D eigenvalue weighted by Gasteiger charge is -2.21. The van der Waals surface area contributed by atoms with Gasteiger partial charge in [-0.2, -0.15) is 0 Å². The molecule has 1 amide bonds. The lowest BCUT2D eigenvalue weighted by Crippen LogP contribution is -2.35. The Hall–Kier alpha value is -2.24. The van der Waals surface area contributed by atoms with E-state index in [1.165, 1.54) is 4.90 Å². The van der Waals surface area contributed by atoms with Crippen molar-refractivity contribution in [2.45, 2.75) is 6.92 Å². The number of carbonyl (C=O) groups excluding carboxylic acids is 1. The quantitative estimate of drug-likeness (QED) is 0.879. The average molecular weight is 265 g/mol. The Morgan fingerprint density at radius 1 is 1.26 bits per heavy atom. The van der Waals surface area contributed by atoms with Crippen LogP contribution in [0.4, 0.5) is 0 Å². The Morgan fingerprint density at radius 2 is 1.95 bits per heavy atom. The number of fused-ring (bicyclic) bond motifs is 1. The molecule has 2 rings (SSSR count). The summed E-state index contributed by atoms with van der Waals surface area (Å²) >= 11 is 0. The molecule has 0 aromatic heterocycles. The fraction of sp³-hybridized carbons (Fsp3) is 0.385. The molecule has 0 bridgehead atoms. The third-order valence-corrected chi connectivity index (χ3v) is 2.78. The summed E-state index contributed by atoms with van der Waals surface area (Å²) in [6.45, 7) is 2.68. The number of likely N-dealkylation sites (N-methyl/N-ethyl adjacent to an activating group) is 1. The molecule has 0 unspecified atom stereocenters. The lowest BCUT2D eigenvalue weighted by molar-refractivity contribution is -0.137. The van der Waals surface area contributed by atoms with Gasteiger partial charge < -0.3 is 19.5 Å². The Kier molecular flexibility index (Phi) is 3.89. The van der Waals surface area contributed by atoms with Crippen molar-refractivity contribution >= 4 is 11.9 Å². The third kappa shape index (κ3) is 2.96. The second-order valence-corrected chi connectivity index (χ2v) is 4.07. The van der Waals surface area contributed by atoms with E-state index in [2.05, 4.69) is 0 Å². The summed E-state index contributed by atoms with van der Waals surface area (Å²) in [5.41, 5.74) is 0.396. The zero-order valence-electron chi connectivity index (χ0n) is 10.6. The highest BCUT2D eigenvalue weighted by Gasteiger charge is 2.20. The summed E-state index contributed by atoms with van der Waals surface area (Å²) in [6, 6.07) is 4.86. The second kappa shape index (κ2) is 5.60. The number of amides is 1. The summed E-state index contributed by atoms with van der Waals surface area (Å²) < 4.78 is 10.8. The maximum Gasteiger partial charge on any atom is 0.323 e. The highest BCUT2D eigenvalue weighted by Crippen LogP contribution is 2.31. The number of nitrogens with zero attached hydrogens (tertiary/aromatic N) is 1. The molecular formula is C13H15NO5. The Bertz CT molecular complexity index is 500. The smallest absolute Gasteiger partial charge is 0.323 e. The SMILES string of the molecule is CCN(CC(=O)O)C(=O)c1ccc2c(c1)OCCO2. The minimum Gasteiger partial charge on any atom is -0.486 e. The number of benzene rings is 1. The summed E-state index contributed by atoms with van der Waals surface area (Å²) in [5.74, 6) is -0.248. The van der Waals surface area contributed by atoms with E-state index in [4.69, 9.17) is 14.6 Å². The van der Waals surface area contributed by atoms with Crippen LogP contribution >= 0.6 is 0 Å². The van der Waals surface area contributed by atoms with Gasteiger partial charge in [0.1, 0.15) is 19.8 Å². The van der Waals surface area contributed by atoms with Crippen LogP contribution in [-0.2, 0) is 4.79 Å². The Labute approximate surface area is 110 Å². The summed E-state index contributed by atoms with van der Waals surface area (Å²) in [5, 5.41) is 8.76. The summed E-state index contributed by atoms with van der Waals surface area (Å²) in [6.07, 6.45) is 0. The van der Waals surface area contributed by atoms with Gasteiger partial charge in [0.2, 0.25) is 0 Å². The van der Waals surface area contributed by atoms with Gasteiger partial charge in [0.25, 0.3) is 5.91 Å². The predicted molar refractivity (Wildman–Crippen MR) is 66.6 cm³/mol. The van der Waals surface area contributed by atoms with E-state index in [9.17, 15) is 9.59 Å². The molecule has 0 radical (unpaired) electrons. The number of carboxylic acid groups (broad SMARTS) is 1. The van der Waals surface area contributed by atoms with Gasteiger partial charge in [-0.1, -0.05) is 0 Å². The molecule has 102 valence electrons. The molecule has 6 heteroatoms. The number of hydrogen-bond acceptors (Lipinski definition) is 4. The standard InChI is InChI=1S/C13H15NO5/c1-2-14(8-12(15)16)13(17)9-3-4-10-11(7-9)19-6-5-18-10/h3-4,7H,2,5-6,8H2,1H3,(H,15,16). The van der Waals surface area contributed by atoms with Gasteiger partial charge in [0.05, 0.1) is 0 Å². The molecule has 1 N–H and O–H groups in total. The van der Waals surface area contributed by atoms with Crippen molar-refractivity contribution in [2.24, 2.45) is 0 Å². The largest absolute Gasteiger partial charge is 0.486 e. The summed E-state index contributed by atoms with van der Waals surface area (Å²) in [4.78, 5) is 24.1. The molecule has 19 heavy (non-hydrogen) atoms. The zero-order valence-corrected chi connectivity index (χ0v) is 10.6. The molecule has 1 aromatic rings. The van der Waals surface area contributed by atoms with E-state index in [1.54, 1.807) is 25.1 Å². The predicted octanol–water partition coefficient (Wildman–Crippen LogP) is 1.00. The van der Waals surface area contributed by atoms with Crippen molar-refractivity contribution in [1.29, 1.82) is 0 Å². The van der Waals surface area contributed by atoms with Crippen LogP contribution in [0.2, 0.25) is 0 Å². The van der Waals surface area contributed by atoms with Gasteiger partial charge in [0.15, 0.2) is 11.5 Å². The van der Waals surface area contributed by atoms with Crippen LogP contribution in [0, 0.1) is 0 Å². The normalized spacial score (nSPS) is 12.9. The first-order chi connectivity index (χ1) is 9.11. The molecule has 6 nitrogen and oxygen atoms in total. The fourth-order valence-electron chi connectivity index (χ4n) is 1.85. The Morgan fingerprint density at radius 3 is 2.58 bits per heavy atom. The third-order valence-electron chi connectivity index (χ3n) is 2.78. The molecule has 0 atom stereocenters. The molecule has 0 fully saturated rings. The van der Waals surface area contributed by atoms with Crippen molar-refractivity contribution in [3.63, 3.8) is 0 Å². The van der Waals surface area contributed by atoms with Crippen molar-refractivity contribution < 1.29 is 24.2 Å². The van der Waals surface area contributed by atoms with Crippen molar-refractivity contribution in [2.75, 3.05) is 26.3 Å². The first-order valence-corrected chi connectivity index (χ1v) is 6.02. The molecule has 0 spiro atoms. The molecule has 0 saturated carbocycles. The highest BCUT2D eigenvalue weighted by atomic mass is 16.6. The highest BCUT2D eigenvalue weighted by molar-refractivity contribution is 5.96. The Balaban J connectivity index is 2.20. The van der Waals surface area contributed by atoms with Gasteiger partial charge in [-0.05, 0) is 25.1 Å². The number of aliphatic carboxylic acids is 1. The average Bonchev–Trinajstić information content (AvgIpc) is 2.43. The molecular weight excluding hydrogens is 250 g/mol. The van der Waals surface area contributed by atoms with Gasteiger partial charge in [0, 0.05) is 12.1 Å². The maximum absolute atomic E-state index is 12.2. The van der Waals surface area contributed by atoms with Crippen LogP contribution in [0.15, 0.2) is 18.2 Å². The van der Waals surface area contributed by atoms with Crippen LogP contribution in [0.25, 0.3) is 0 Å². The van der Waals surface area contributed by atoms with E-state index in [1.807, 2.05) is 0 Å². The van der Waals surface area contributed by atoms with E-state index in [-0.39, 0.29) is 12.5 Å². The van der Waals surface area contributed by atoms with Gasteiger partial charge >= 0.3 is 5.97 Å². The first kappa shape index (κ1) is 13.2. The second-order valence-electron chi connectivity index (χ2n) is 4.07. The topological polar surface area (TPSA) is 76.1 Å². The van der Waals surface area contributed by atoms with E-state index >= 15 is 0 Å². The number of rotatable bonds is 4. The van der Waals surface area contributed by atoms with Gasteiger partial charge in [-0.15, -0.1) is 0 Å². The van der Waals surface area contributed by atoms with Crippen LogP contribution in [0.5, 0.6) is 11.5 Å². The van der Waals surface area contributed by atoms with Gasteiger partial charge in [-0.3, -0.25) is 9.59 Å². The van der Waals surface area contributed by atoms with Crippen LogP contribution in [-0.4, -0.2) is 48.2 Å². The maximum atomic E-state index is 12.2. The van der Waals surface area contributed by atoms with Crippen LogP contribution in [0.3, 0.4) is 0 Å². The van der Waals surface area contributed by atoms with Crippen molar-refractivity contribution in [1.82, 2.24) is 4.90 Å². The van der Waals surface area contributed by atoms with Gasteiger partial charge in [-0.25, -0.2) is 0 Å². The van der Waals surface area contributed by atoms with E-state index < -0.39 is 5.97 Å². The van der Waals surface area contributed by atoms with Crippen LogP contribution in [0.1, 0.15) is 17.3 Å². The number of carbonyl (C=O) groups is 2. The van der Waals surface area contributed by atoms with Crippen LogP contribution < -0.4 is 9.47 Å². The first-order valence-electron chi connectivity index (χ1n) is 6.02. The molecule has 1 aromatic carbocycles. The zero-order chi connectivity index (χ0) is 13.8. The molecule has 1 aliphatic heterocycles. The van der Waals surface area contributed by atoms with Crippen molar-refractivity contribution in [3.05, 3.63) is 23.8 Å².